The number of benzene rings is 2. The molecule has 0 aliphatic heterocycles. The molecule has 0 aliphatic rings. The first-order valence-corrected chi connectivity index (χ1v) is 15.1. The first-order valence-electron chi connectivity index (χ1n) is 13.2. The predicted molar refractivity (Wildman–Crippen MR) is 152 cm³/mol. The Balaban J connectivity index is 2.17. The van der Waals surface area contributed by atoms with Gasteiger partial charge in [-0.2, -0.15) is 0 Å². The molecular formula is C29H43N2O7P. The van der Waals surface area contributed by atoms with Gasteiger partial charge < -0.3 is 19.3 Å². The number of rotatable bonds is 14. The van der Waals surface area contributed by atoms with E-state index in [9.17, 15) is 19.3 Å². The molecule has 0 saturated carbocycles. The average molecular weight is 563 g/mol. The molecule has 39 heavy (non-hydrogen) atoms. The lowest BCUT2D eigenvalue weighted by Crippen LogP contribution is -2.35. The highest BCUT2D eigenvalue weighted by Gasteiger charge is 2.26. The van der Waals surface area contributed by atoms with Crippen LogP contribution in [0.25, 0.3) is 0 Å². The van der Waals surface area contributed by atoms with E-state index in [1.54, 1.807) is 33.8 Å². The summed E-state index contributed by atoms with van der Waals surface area (Å²) < 4.78 is 29.7. The van der Waals surface area contributed by atoms with Gasteiger partial charge in [0.1, 0.15) is 24.6 Å². The summed E-state index contributed by atoms with van der Waals surface area (Å²) in [6, 6.07) is 9.43. The molecule has 2 rings (SSSR count). The maximum absolute atomic E-state index is 13.6. The van der Waals surface area contributed by atoms with Gasteiger partial charge in [0.15, 0.2) is 6.35 Å². The molecular weight excluding hydrogens is 519 g/mol. The van der Waals surface area contributed by atoms with E-state index in [2.05, 4.69) is 10.2 Å². The Morgan fingerprint density at radius 3 is 1.85 bits per heavy atom. The van der Waals surface area contributed by atoms with Crippen molar-refractivity contribution in [1.29, 1.82) is 0 Å². The molecule has 2 aromatic rings. The standard InChI is InChI=1S/C29H43N2O7P/c1-18(2)25-13-23(9-10-27(25)32)14-26-21(7)11-24(12-22(26)8)36-17-39(35,30-15-28(33)37-19(3)4)31-16-29(34)38-20(5)6/h9-13,18-20,32H,14-17H2,1-8H3,(H2,30,31,35). The lowest BCUT2D eigenvalue weighted by atomic mass is 9.93. The zero-order valence-corrected chi connectivity index (χ0v) is 25.2. The van der Waals surface area contributed by atoms with Gasteiger partial charge in [-0.1, -0.05) is 26.0 Å². The van der Waals surface area contributed by atoms with Gasteiger partial charge in [-0.05, 0) is 99.9 Å². The van der Waals surface area contributed by atoms with E-state index < -0.39 is 19.4 Å². The van der Waals surface area contributed by atoms with Crippen LogP contribution in [0.1, 0.15) is 75.3 Å². The average Bonchev–Trinajstić information content (AvgIpc) is 2.82. The molecule has 216 valence electrons. The molecule has 2 aromatic carbocycles. The molecule has 9 nitrogen and oxygen atoms in total. The van der Waals surface area contributed by atoms with Crippen LogP contribution in [-0.4, -0.2) is 48.7 Å². The summed E-state index contributed by atoms with van der Waals surface area (Å²) >= 11 is 0. The molecule has 0 saturated heterocycles. The molecule has 10 heteroatoms. The first-order chi connectivity index (χ1) is 18.2. The molecule has 0 heterocycles. The van der Waals surface area contributed by atoms with Crippen LogP contribution in [-0.2, 0) is 30.0 Å². The van der Waals surface area contributed by atoms with Crippen molar-refractivity contribution >= 4 is 19.4 Å². The van der Waals surface area contributed by atoms with Crippen molar-refractivity contribution in [3.8, 4) is 11.5 Å². The predicted octanol–water partition coefficient (Wildman–Crippen LogP) is 5.34. The van der Waals surface area contributed by atoms with Crippen LogP contribution >= 0.6 is 7.44 Å². The number of phenols is 1. The number of ether oxygens (including phenoxy) is 3. The summed E-state index contributed by atoms with van der Waals surface area (Å²) in [7, 11) is -3.54. The lowest BCUT2D eigenvalue weighted by Gasteiger charge is -2.22. The van der Waals surface area contributed by atoms with Gasteiger partial charge in [0.05, 0.1) is 12.2 Å². The molecule has 0 radical (unpaired) electrons. The minimum absolute atomic E-state index is 0.209. The monoisotopic (exact) mass is 562 g/mol. The van der Waals surface area contributed by atoms with E-state index in [-0.39, 0.29) is 37.6 Å². The zero-order chi connectivity index (χ0) is 29.3. The van der Waals surface area contributed by atoms with E-state index in [1.807, 2.05) is 52.0 Å². The Kier molecular flexibility index (Phi) is 12.0. The molecule has 3 N–H and O–H groups in total. The normalized spacial score (nSPS) is 11.8. The van der Waals surface area contributed by atoms with Crippen LogP contribution in [0.3, 0.4) is 0 Å². The molecule has 0 fully saturated rings. The number of esters is 2. The van der Waals surface area contributed by atoms with Crippen LogP contribution in [0, 0.1) is 13.8 Å². The number of hydrogen-bond acceptors (Lipinski definition) is 7. The van der Waals surface area contributed by atoms with Gasteiger partial charge in [0.25, 0.3) is 0 Å². The van der Waals surface area contributed by atoms with Crippen molar-refractivity contribution in [1.82, 2.24) is 10.2 Å². The number of carbonyl (C=O) groups excluding carboxylic acids is 2. The fourth-order valence-corrected chi connectivity index (χ4v) is 5.40. The van der Waals surface area contributed by atoms with E-state index in [1.165, 1.54) is 0 Å². The molecule has 0 spiro atoms. The van der Waals surface area contributed by atoms with Gasteiger partial charge in [0, 0.05) is 0 Å². The van der Waals surface area contributed by atoms with Gasteiger partial charge in [-0.15, -0.1) is 0 Å². The van der Waals surface area contributed by atoms with Crippen LogP contribution in [0.5, 0.6) is 11.5 Å². The summed E-state index contributed by atoms with van der Waals surface area (Å²) in [6.07, 6.45) is -0.237. The van der Waals surface area contributed by atoms with Crippen molar-refractivity contribution < 1.29 is 33.5 Å². The van der Waals surface area contributed by atoms with Gasteiger partial charge in [-0.25, -0.2) is 10.2 Å². The van der Waals surface area contributed by atoms with E-state index in [4.69, 9.17) is 14.2 Å². The van der Waals surface area contributed by atoms with E-state index in [0.29, 0.717) is 17.9 Å². The van der Waals surface area contributed by atoms with Gasteiger partial charge in [-0.3, -0.25) is 14.2 Å². The van der Waals surface area contributed by atoms with E-state index in [0.717, 1.165) is 27.8 Å². The molecule has 0 unspecified atom stereocenters. The van der Waals surface area contributed by atoms with E-state index >= 15 is 0 Å². The quantitative estimate of drug-likeness (QED) is 0.207. The maximum atomic E-state index is 13.6. The fraction of sp³-hybridized carbons (Fsp3) is 0.517. The topological polar surface area (TPSA) is 123 Å². The molecule has 0 aliphatic carbocycles. The number of hydrogen-bond donors (Lipinski definition) is 3. The summed E-state index contributed by atoms with van der Waals surface area (Å²) in [4.78, 5) is 24.1. The smallest absolute Gasteiger partial charge is 0.320 e. The maximum Gasteiger partial charge on any atom is 0.320 e. The number of phenolic OH excluding ortho intramolecular Hbond substituents is 1. The largest absolute Gasteiger partial charge is 0.508 e. The molecule has 0 amide bonds. The lowest BCUT2D eigenvalue weighted by molar-refractivity contribution is -0.146. The third kappa shape index (κ3) is 10.7. The number of aromatic hydroxyl groups is 1. The summed E-state index contributed by atoms with van der Waals surface area (Å²) in [5, 5.41) is 15.5. The summed E-state index contributed by atoms with van der Waals surface area (Å²) in [5.74, 6) is -0.112. The van der Waals surface area contributed by atoms with Crippen molar-refractivity contribution in [2.24, 2.45) is 0 Å². The Morgan fingerprint density at radius 2 is 1.38 bits per heavy atom. The number of nitrogens with one attached hydrogen (secondary N) is 2. The molecule has 0 atom stereocenters. The Bertz CT molecular complexity index is 1140. The summed E-state index contributed by atoms with van der Waals surface area (Å²) in [5.41, 5.74) is 5.14. The molecule has 0 bridgehead atoms. The second-order valence-corrected chi connectivity index (χ2v) is 12.9. The SMILES string of the molecule is Cc1cc(OCP(=O)(NCC(=O)OC(C)C)NCC(=O)OC(C)C)cc(C)c1Cc1ccc(O)c(C(C)C)c1. The van der Waals surface area contributed by atoms with Crippen molar-refractivity contribution in [2.45, 2.75) is 79.9 Å². The number of carbonyl (C=O) groups is 2. The van der Waals surface area contributed by atoms with Crippen LogP contribution in [0.2, 0.25) is 0 Å². The first kappa shape index (κ1) is 32.3. The molecule has 0 aromatic heterocycles. The minimum atomic E-state index is -3.54. The third-order valence-corrected chi connectivity index (χ3v) is 7.70. The number of aryl methyl sites for hydroxylation is 2. The third-order valence-electron chi connectivity index (χ3n) is 5.87. The van der Waals surface area contributed by atoms with Gasteiger partial charge in [0.2, 0.25) is 7.44 Å². The fourth-order valence-electron chi connectivity index (χ4n) is 4.00. The van der Waals surface area contributed by atoms with Crippen LogP contribution in [0.15, 0.2) is 30.3 Å². The van der Waals surface area contributed by atoms with Crippen molar-refractivity contribution in [3.05, 3.63) is 58.1 Å². The highest BCUT2D eigenvalue weighted by Crippen LogP contribution is 2.37. The second kappa shape index (κ2) is 14.5. The summed E-state index contributed by atoms with van der Waals surface area (Å²) in [6.45, 7) is 14.3. The van der Waals surface area contributed by atoms with Crippen LogP contribution < -0.4 is 14.9 Å². The van der Waals surface area contributed by atoms with Crippen LogP contribution in [0.4, 0.5) is 0 Å². The Hall–Kier alpha value is -2.87. The highest BCUT2D eigenvalue weighted by atomic mass is 31.2. The Morgan fingerprint density at radius 1 is 0.872 bits per heavy atom. The van der Waals surface area contributed by atoms with Crippen molar-refractivity contribution in [3.63, 3.8) is 0 Å². The zero-order valence-electron chi connectivity index (χ0n) is 24.3. The minimum Gasteiger partial charge on any atom is -0.508 e. The highest BCUT2D eigenvalue weighted by molar-refractivity contribution is 7.59. The second-order valence-electron chi connectivity index (χ2n) is 10.5. The Labute approximate surface area is 232 Å². The van der Waals surface area contributed by atoms with Crippen molar-refractivity contribution in [2.75, 3.05) is 19.4 Å². The van der Waals surface area contributed by atoms with Gasteiger partial charge >= 0.3 is 11.9 Å².